The molecule has 6 rings (SSSR count). The average molecular weight is 426 g/mol. The number of nitrogens with zero attached hydrogens (tertiary/aromatic N) is 6. The van der Waals surface area contributed by atoms with Crippen molar-refractivity contribution in [2.24, 2.45) is 0 Å². The monoisotopic (exact) mass is 426 g/mol. The van der Waals surface area contributed by atoms with Gasteiger partial charge in [0.2, 0.25) is 0 Å². The van der Waals surface area contributed by atoms with Crippen molar-refractivity contribution in [2.75, 3.05) is 7.11 Å². The predicted octanol–water partition coefficient (Wildman–Crippen LogP) is 3.41. The Balaban J connectivity index is 1.41. The zero-order valence-electron chi connectivity index (χ0n) is 17.9. The van der Waals surface area contributed by atoms with Gasteiger partial charge < -0.3 is 9.64 Å². The largest absolute Gasteiger partial charge is 0.496 e. The highest BCUT2D eigenvalue weighted by atomic mass is 16.5. The number of fused-ring (bicyclic) bond motifs is 6. The van der Waals surface area contributed by atoms with Gasteiger partial charge in [-0.05, 0) is 31.9 Å². The minimum absolute atomic E-state index is 0.0184. The van der Waals surface area contributed by atoms with Crippen LogP contribution in [0.5, 0.6) is 5.75 Å². The van der Waals surface area contributed by atoms with E-state index in [-0.39, 0.29) is 18.0 Å². The lowest BCUT2D eigenvalue weighted by atomic mass is 9.98. The van der Waals surface area contributed by atoms with Gasteiger partial charge in [-0.15, -0.1) is 0 Å². The van der Waals surface area contributed by atoms with Crippen molar-refractivity contribution in [1.82, 2.24) is 29.5 Å². The number of aromatic nitrogens is 5. The molecule has 32 heavy (non-hydrogen) atoms. The molecule has 1 fully saturated rings. The summed E-state index contributed by atoms with van der Waals surface area (Å²) in [5.74, 6) is 0.715. The number of carbonyl (C=O) groups is 1. The summed E-state index contributed by atoms with van der Waals surface area (Å²) in [4.78, 5) is 28.5. The lowest BCUT2D eigenvalue weighted by Gasteiger charge is -2.35. The van der Waals surface area contributed by atoms with E-state index in [1.807, 2.05) is 52.9 Å². The molecular weight excluding hydrogens is 404 g/mol. The number of amides is 1. The second-order valence-corrected chi connectivity index (χ2v) is 8.37. The topological polar surface area (TPSA) is 85.5 Å². The molecule has 0 unspecified atom stereocenters. The number of benzene rings is 1. The van der Waals surface area contributed by atoms with Crippen LogP contribution in [0.25, 0.3) is 16.9 Å². The van der Waals surface area contributed by atoms with Crippen molar-refractivity contribution in [3.05, 3.63) is 71.6 Å². The van der Waals surface area contributed by atoms with Gasteiger partial charge in [-0.2, -0.15) is 5.10 Å². The summed E-state index contributed by atoms with van der Waals surface area (Å²) in [6.07, 6.45) is 7.72. The molecular formula is C24H22N6O2. The number of rotatable bonds is 3. The third kappa shape index (κ3) is 2.79. The Morgan fingerprint density at radius 2 is 1.97 bits per heavy atom. The summed E-state index contributed by atoms with van der Waals surface area (Å²) >= 11 is 0. The van der Waals surface area contributed by atoms with Crippen molar-refractivity contribution < 1.29 is 9.53 Å². The summed E-state index contributed by atoms with van der Waals surface area (Å²) in [5, 5.41) is 4.89. The van der Waals surface area contributed by atoms with Gasteiger partial charge in [0.25, 0.3) is 5.91 Å². The van der Waals surface area contributed by atoms with Crippen LogP contribution in [-0.2, 0) is 6.42 Å². The standard InChI is InChI=1S/C24H22N6O2/c1-14-11-26-19(13-25-14)24(31)29-15-7-8-20(29)17-12-27-23-10-18(28-30(23)21(17)9-15)16-5-3-4-6-22(16)32-2/h3-6,10-13,15,20H,7-9H2,1-2H3/t15-,20-/m0/s1. The molecule has 0 spiro atoms. The molecule has 2 atom stereocenters. The van der Waals surface area contributed by atoms with E-state index in [1.165, 1.54) is 0 Å². The molecule has 1 amide bonds. The van der Waals surface area contributed by atoms with E-state index in [1.54, 1.807) is 19.5 Å². The minimum Gasteiger partial charge on any atom is -0.496 e. The number of hydrogen-bond donors (Lipinski definition) is 0. The normalized spacial score (nSPS) is 19.2. The van der Waals surface area contributed by atoms with E-state index < -0.39 is 0 Å². The molecule has 0 radical (unpaired) electrons. The lowest BCUT2D eigenvalue weighted by Crippen LogP contribution is -2.43. The molecule has 5 heterocycles. The van der Waals surface area contributed by atoms with Crippen molar-refractivity contribution >= 4 is 11.6 Å². The first-order chi connectivity index (χ1) is 15.6. The molecule has 1 saturated heterocycles. The quantitative estimate of drug-likeness (QED) is 0.499. The minimum atomic E-state index is -0.0640. The van der Waals surface area contributed by atoms with Crippen LogP contribution in [0.2, 0.25) is 0 Å². The Morgan fingerprint density at radius 1 is 1.09 bits per heavy atom. The van der Waals surface area contributed by atoms with Gasteiger partial charge in [0, 0.05) is 42.0 Å². The van der Waals surface area contributed by atoms with E-state index in [9.17, 15) is 4.79 Å². The summed E-state index contributed by atoms with van der Waals surface area (Å²) in [6.45, 7) is 1.86. The van der Waals surface area contributed by atoms with E-state index >= 15 is 0 Å². The first-order valence-corrected chi connectivity index (χ1v) is 10.8. The fourth-order valence-electron chi connectivity index (χ4n) is 5.02. The van der Waals surface area contributed by atoms with Crippen LogP contribution in [0, 0.1) is 6.92 Å². The van der Waals surface area contributed by atoms with E-state index in [0.717, 1.165) is 58.9 Å². The van der Waals surface area contributed by atoms with E-state index in [2.05, 4.69) is 15.0 Å². The van der Waals surface area contributed by atoms with Crippen molar-refractivity contribution in [1.29, 1.82) is 0 Å². The predicted molar refractivity (Wildman–Crippen MR) is 117 cm³/mol. The first kappa shape index (κ1) is 18.9. The zero-order chi connectivity index (χ0) is 21.8. The number of ether oxygens (including phenoxy) is 1. The molecule has 4 aromatic rings. The molecule has 8 heteroatoms. The second kappa shape index (κ2) is 7.12. The van der Waals surface area contributed by atoms with Crippen LogP contribution < -0.4 is 4.74 Å². The Hall–Kier alpha value is -3.81. The average Bonchev–Trinajstić information content (AvgIpc) is 3.40. The Labute approximate surface area is 184 Å². The highest BCUT2D eigenvalue weighted by Crippen LogP contribution is 2.44. The first-order valence-electron chi connectivity index (χ1n) is 10.8. The molecule has 0 saturated carbocycles. The van der Waals surface area contributed by atoms with Crippen molar-refractivity contribution in [3.63, 3.8) is 0 Å². The van der Waals surface area contributed by atoms with Crippen LogP contribution in [0.15, 0.2) is 48.9 Å². The summed E-state index contributed by atoms with van der Waals surface area (Å²) in [7, 11) is 1.66. The van der Waals surface area contributed by atoms with Gasteiger partial charge in [-0.25, -0.2) is 14.5 Å². The van der Waals surface area contributed by atoms with Crippen LogP contribution >= 0.6 is 0 Å². The van der Waals surface area contributed by atoms with Crippen LogP contribution in [0.4, 0.5) is 0 Å². The Kier molecular flexibility index (Phi) is 4.21. The second-order valence-electron chi connectivity index (χ2n) is 8.37. The fraction of sp³-hybridized carbons (Fsp3) is 0.292. The van der Waals surface area contributed by atoms with Crippen LogP contribution in [0.1, 0.15) is 46.3 Å². The highest BCUT2D eigenvalue weighted by molar-refractivity contribution is 5.93. The number of para-hydroxylation sites is 1. The molecule has 0 aliphatic carbocycles. The Bertz CT molecular complexity index is 1350. The fourth-order valence-corrected chi connectivity index (χ4v) is 5.02. The maximum Gasteiger partial charge on any atom is 0.274 e. The summed E-state index contributed by atoms with van der Waals surface area (Å²) in [5.41, 5.74) is 5.93. The molecule has 2 aliphatic heterocycles. The molecule has 0 N–H and O–H groups in total. The van der Waals surface area contributed by atoms with Gasteiger partial charge in [0.1, 0.15) is 11.4 Å². The molecule has 160 valence electrons. The van der Waals surface area contributed by atoms with E-state index in [4.69, 9.17) is 9.84 Å². The SMILES string of the molecule is COc1ccccc1-c1cc2ncc3c(n2n1)C[C@@H]1CC[C@@H]3N1C(=O)c1cnc(C)cn1. The Morgan fingerprint density at radius 3 is 2.78 bits per heavy atom. The number of carbonyl (C=O) groups excluding carboxylic acids is 1. The molecule has 8 nitrogen and oxygen atoms in total. The molecule has 2 bridgehead atoms. The van der Waals surface area contributed by atoms with Crippen LogP contribution in [0.3, 0.4) is 0 Å². The smallest absolute Gasteiger partial charge is 0.274 e. The summed E-state index contributed by atoms with van der Waals surface area (Å²) in [6, 6.07) is 9.93. The zero-order valence-corrected chi connectivity index (χ0v) is 17.9. The van der Waals surface area contributed by atoms with Gasteiger partial charge >= 0.3 is 0 Å². The van der Waals surface area contributed by atoms with Gasteiger partial charge in [-0.1, -0.05) is 12.1 Å². The van der Waals surface area contributed by atoms with Crippen molar-refractivity contribution in [2.45, 2.75) is 38.3 Å². The highest BCUT2D eigenvalue weighted by Gasteiger charge is 2.44. The van der Waals surface area contributed by atoms with Gasteiger partial charge in [0.15, 0.2) is 5.65 Å². The molecule has 3 aromatic heterocycles. The number of aryl methyl sites for hydroxylation is 1. The maximum absolute atomic E-state index is 13.3. The van der Waals surface area contributed by atoms with Gasteiger partial charge in [0.05, 0.1) is 36.4 Å². The lowest BCUT2D eigenvalue weighted by molar-refractivity contribution is 0.0636. The third-order valence-corrected chi connectivity index (χ3v) is 6.52. The molecule has 2 aliphatic rings. The molecule has 1 aromatic carbocycles. The van der Waals surface area contributed by atoms with E-state index in [0.29, 0.717) is 5.69 Å². The number of hydrogen-bond acceptors (Lipinski definition) is 6. The van der Waals surface area contributed by atoms with Gasteiger partial charge in [-0.3, -0.25) is 9.78 Å². The third-order valence-electron chi connectivity index (χ3n) is 6.52. The maximum atomic E-state index is 13.3. The van der Waals surface area contributed by atoms with Crippen molar-refractivity contribution in [3.8, 4) is 17.0 Å². The number of methoxy groups -OCH3 is 1. The summed E-state index contributed by atoms with van der Waals surface area (Å²) < 4.78 is 7.46. The van der Waals surface area contributed by atoms with Crippen LogP contribution in [-0.4, -0.2) is 48.5 Å².